The molecule has 3 rings (SSSR count). The maximum atomic E-state index is 4.60. The summed E-state index contributed by atoms with van der Waals surface area (Å²) in [6.07, 6.45) is 0. The quantitative estimate of drug-likeness (QED) is 0.573. The minimum absolute atomic E-state index is 0. The summed E-state index contributed by atoms with van der Waals surface area (Å²) in [4.78, 5) is 8.77. The number of benzene rings is 1. The number of rotatable bonds is 1. The molecule has 3 aromatic rings. The number of nitrogens with zero attached hydrogens (tertiary/aromatic N) is 2. The molecule has 2 heterocycles. The molecule has 0 spiro atoms. The molecule has 0 atom stereocenters. The van der Waals surface area contributed by atoms with E-state index >= 15 is 0 Å². The molecule has 0 fully saturated rings. The second-order valence-corrected chi connectivity index (χ2v) is 4.32. The fourth-order valence-corrected chi connectivity index (χ4v) is 2.27. The summed E-state index contributed by atoms with van der Waals surface area (Å²) in [5, 5.41) is 3.17. The molecule has 0 aliphatic carbocycles. The van der Waals surface area contributed by atoms with Crippen molar-refractivity contribution in [2.24, 2.45) is 0 Å². The average Bonchev–Trinajstić information content (AvgIpc) is 2.82. The molecule has 0 aliphatic heterocycles. The molecule has 17 heavy (non-hydrogen) atoms. The first-order chi connectivity index (χ1) is 7.84. The third-order valence-electron chi connectivity index (χ3n) is 2.57. The Labute approximate surface area is 117 Å². The second kappa shape index (κ2) is 5.05. The van der Waals surface area contributed by atoms with Crippen LogP contribution >= 0.6 is 11.3 Å². The Hall–Kier alpha value is -1.08. The standard InChI is InChI=1S/C13H9N2S.Re/c1-9-6-12(13-7-16-8-14-13)15-11-5-3-2-4-10(9)11;/h2-7H,1H3;/q-1;. The number of thiazole rings is 1. The van der Waals surface area contributed by atoms with Crippen molar-refractivity contribution in [1.82, 2.24) is 9.97 Å². The van der Waals surface area contributed by atoms with Crippen LogP contribution in [0.2, 0.25) is 0 Å². The van der Waals surface area contributed by atoms with Gasteiger partial charge >= 0.3 is 0 Å². The minimum Gasteiger partial charge on any atom is -0.385 e. The Morgan fingerprint density at radius 1 is 1.18 bits per heavy atom. The zero-order valence-electron chi connectivity index (χ0n) is 9.14. The smallest absolute Gasteiger partial charge is 0.0699 e. The molecule has 85 valence electrons. The zero-order valence-corrected chi connectivity index (χ0v) is 12.7. The van der Waals surface area contributed by atoms with Crippen LogP contribution in [0.4, 0.5) is 0 Å². The van der Waals surface area contributed by atoms with E-state index in [4.69, 9.17) is 0 Å². The molecule has 1 radical (unpaired) electrons. The van der Waals surface area contributed by atoms with E-state index in [1.165, 1.54) is 22.3 Å². The Morgan fingerprint density at radius 2 is 2.00 bits per heavy atom. The third kappa shape index (κ3) is 2.30. The first-order valence-electron chi connectivity index (χ1n) is 5.03. The topological polar surface area (TPSA) is 25.8 Å². The van der Waals surface area contributed by atoms with Gasteiger partial charge in [0.1, 0.15) is 0 Å². The molecular formula is C13H9N2ReS-. The van der Waals surface area contributed by atoms with Gasteiger partial charge in [0.05, 0.1) is 5.52 Å². The number of aryl methyl sites for hydroxylation is 1. The van der Waals surface area contributed by atoms with Crippen LogP contribution in [0.1, 0.15) is 5.56 Å². The number of hydrogen-bond acceptors (Lipinski definition) is 3. The van der Waals surface area contributed by atoms with Crippen molar-refractivity contribution in [3.8, 4) is 11.4 Å². The summed E-state index contributed by atoms with van der Waals surface area (Å²) in [5.41, 5.74) is 6.92. The molecule has 0 saturated heterocycles. The first kappa shape index (κ1) is 12.4. The van der Waals surface area contributed by atoms with Crippen LogP contribution < -0.4 is 0 Å². The van der Waals surface area contributed by atoms with E-state index in [9.17, 15) is 0 Å². The number of hydrogen-bond donors (Lipinski definition) is 0. The first-order valence-corrected chi connectivity index (χ1v) is 5.91. The molecule has 0 unspecified atom stereocenters. The van der Waals surface area contributed by atoms with Crippen molar-refractivity contribution in [3.05, 3.63) is 46.8 Å². The normalized spacial score (nSPS) is 10.2. The van der Waals surface area contributed by atoms with Gasteiger partial charge in [0.2, 0.25) is 0 Å². The summed E-state index contributed by atoms with van der Waals surface area (Å²) in [6.45, 7) is 2.10. The van der Waals surface area contributed by atoms with Crippen molar-refractivity contribution >= 4 is 22.2 Å². The van der Waals surface area contributed by atoms with Crippen molar-refractivity contribution in [1.29, 1.82) is 0 Å². The van der Waals surface area contributed by atoms with Crippen LogP contribution in [-0.2, 0) is 20.4 Å². The van der Waals surface area contributed by atoms with Crippen LogP contribution in [0.15, 0.2) is 35.7 Å². The minimum atomic E-state index is 0. The Morgan fingerprint density at radius 3 is 2.76 bits per heavy atom. The van der Waals surface area contributed by atoms with Crippen LogP contribution in [-0.4, -0.2) is 9.97 Å². The molecule has 0 amide bonds. The molecule has 1 aromatic carbocycles. The molecule has 0 N–H and O–H groups in total. The molecule has 2 nitrogen and oxygen atoms in total. The van der Waals surface area contributed by atoms with Gasteiger partial charge in [-0.1, -0.05) is 23.9 Å². The van der Waals surface area contributed by atoms with Crippen LogP contribution in [0.5, 0.6) is 0 Å². The van der Waals surface area contributed by atoms with E-state index in [-0.39, 0.29) is 20.4 Å². The fraction of sp³-hybridized carbons (Fsp3) is 0.0769. The SMILES string of the molecule is Cc1cc(-c2cs[c-]n2)nc2ccccc12.[Re]. The monoisotopic (exact) mass is 412 g/mol. The number of pyridine rings is 1. The predicted molar refractivity (Wildman–Crippen MR) is 66.4 cm³/mol. The van der Waals surface area contributed by atoms with Gasteiger partial charge in [-0.15, -0.1) is 5.38 Å². The molecule has 4 heteroatoms. The maximum Gasteiger partial charge on any atom is 0.0699 e. The van der Waals surface area contributed by atoms with Gasteiger partial charge < -0.3 is 4.98 Å². The van der Waals surface area contributed by atoms with Gasteiger partial charge in [-0.3, -0.25) is 16.3 Å². The molecule has 2 aromatic heterocycles. The van der Waals surface area contributed by atoms with Gasteiger partial charge in [-0.2, -0.15) is 0 Å². The molecule has 0 saturated carbocycles. The molecular weight excluding hydrogens is 402 g/mol. The third-order valence-corrected chi connectivity index (χ3v) is 3.11. The number of aromatic nitrogens is 2. The average molecular weight is 412 g/mol. The van der Waals surface area contributed by atoms with Gasteiger partial charge in [0.25, 0.3) is 0 Å². The van der Waals surface area contributed by atoms with Crippen LogP contribution in [0.3, 0.4) is 0 Å². The maximum absolute atomic E-state index is 4.60. The van der Waals surface area contributed by atoms with E-state index in [0.29, 0.717) is 0 Å². The van der Waals surface area contributed by atoms with Gasteiger partial charge in [-0.05, 0) is 30.1 Å². The van der Waals surface area contributed by atoms with Crippen LogP contribution in [0, 0.1) is 12.4 Å². The number of para-hydroxylation sites is 1. The summed E-state index contributed by atoms with van der Waals surface area (Å²) in [7, 11) is 0. The fourth-order valence-electron chi connectivity index (χ4n) is 1.78. The Kier molecular flexibility index (Phi) is 3.68. The molecule has 0 aliphatic rings. The van der Waals surface area contributed by atoms with E-state index in [1.54, 1.807) is 0 Å². The van der Waals surface area contributed by atoms with E-state index in [0.717, 1.165) is 16.9 Å². The van der Waals surface area contributed by atoms with Gasteiger partial charge in [0.15, 0.2) is 0 Å². The van der Waals surface area contributed by atoms with Gasteiger partial charge in [-0.25, -0.2) is 0 Å². The predicted octanol–water partition coefficient (Wildman–Crippen LogP) is 3.46. The zero-order chi connectivity index (χ0) is 11.0. The van der Waals surface area contributed by atoms with Crippen molar-refractivity contribution < 1.29 is 20.4 Å². The summed E-state index contributed by atoms with van der Waals surface area (Å²) < 4.78 is 0. The Bertz CT molecular complexity index is 635. The van der Waals surface area contributed by atoms with Crippen LogP contribution in [0.25, 0.3) is 22.3 Å². The van der Waals surface area contributed by atoms with E-state index in [2.05, 4.69) is 34.5 Å². The van der Waals surface area contributed by atoms with Gasteiger partial charge in [0, 0.05) is 31.5 Å². The largest absolute Gasteiger partial charge is 0.385 e. The Balaban J connectivity index is 0.00000108. The van der Waals surface area contributed by atoms with E-state index in [1.807, 2.05) is 23.6 Å². The van der Waals surface area contributed by atoms with Crippen molar-refractivity contribution in [3.63, 3.8) is 0 Å². The number of fused-ring (bicyclic) bond motifs is 1. The summed E-state index contributed by atoms with van der Waals surface area (Å²) in [5.74, 6) is 0. The molecule has 0 bridgehead atoms. The van der Waals surface area contributed by atoms with Crippen molar-refractivity contribution in [2.45, 2.75) is 6.92 Å². The van der Waals surface area contributed by atoms with E-state index < -0.39 is 0 Å². The summed E-state index contributed by atoms with van der Waals surface area (Å²) in [6, 6.07) is 10.2. The summed E-state index contributed by atoms with van der Waals surface area (Å²) >= 11 is 1.47. The second-order valence-electron chi connectivity index (χ2n) is 3.67. The van der Waals surface area contributed by atoms with Crippen molar-refractivity contribution in [2.75, 3.05) is 0 Å².